The largest absolute Gasteiger partial charge is 0.460 e. The lowest BCUT2D eigenvalue weighted by Gasteiger charge is -2.09. The van der Waals surface area contributed by atoms with Gasteiger partial charge in [-0.2, -0.15) is 4.72 Å². The first-order chi connectivity index (χ1) is 12.7. The van der Waals surface area contributed by atoms with Gasteiger partial charge >= 0.3 is 5.97 Å². The molecule has 0 aliphatic heterocycles. The summed E-state index contributed by atoms with van der Waals surface area (Å²) in [5, 5.41) is 3.23. The van der Waals surface area contributed by atoms with Crippen LogP contribution in [0.2, 0.25) is 10.0 Å². The first kappa shape index (κ1) is 21.2. The van der Waals surface area contributed by atoms with Gasteiger partial charge in [-0.25, -0.2) is 8.42 Å². The van der Waals surface area contributed by atoms with Crippen LogP contribution in [0.5, 0.6) is 0 Å². The fourth-order valence-corrected chi connectivity index (χ4v) is 3.29. The number of esters is 1. The maximum Gasteiger partial charge on any atom is 0.321 e. The van der Waals surface area contributed by atoms with Crippen molar-refractivity contribution in [1.29, 1.82) is 0 Å². The Labute approximate surface area is 166 Å². The van der Waals surface area contributed by atoms with E-state index in [1.807, 2.05) is 0 Å². The molecule has 0 atom stereocenters. The second-order valence-electron chi connectivity index (χ2n) is 5.44. The molecule has 0 saturated heterocycles. The molecule has 1 amide bonds. The second-order valence-corrected chi connectivity index (χ2v) is 8.02. The third-order valence-electron chi connectivity index (χ3n) is 3.28. The highest BCUT2D eigenvalue weighted by Gasteiger charge is 2.16. The Morgan fingerprint density at radius 1 is 1.04 bits per heavy atom. The van der Waals surface area contributed by atoms with Crippen molar-refractivity contribution in [3.63, 3.8) is 0 Å². The zero-order valence-corrected chi connectivity index (χ0v) is 16.5. The molecular weight excluding hydrogens is 415 g/mol. The molecule has 7 nitrogen and oxygen atoms in total. The van der Waals surface area contributed by atoms with Crippen molar-refractivity contribution in [3.8, 4) is 0 Å². The lowest BCUT2D eigenvalue weighted by molar-refractivity contribution is -0.143. The molecule has 0 aliphatic rings. The van der Waals surface area contributed by atoms with Crippen molar-refractivity contribution < 1.29 is 22.7 Å². The van der Waals surface area contributed by atoms with Gasteiger partial charge in [0.15, 0.2) is 0 Å². The lowest BCUT2D eigenvalue weighted by atomic mass is 10.2. The highest BCUT2D eigenvalue weighted by molar-refractivity contribution is 7.89. The van der Waals surface area contributed by atoms with E-state index in [-0.39, 0.29) is 17.4 Å². The maximum atomic E-state index is 12.2. The van der Waals surface area contributed by atoms with E-state index < -0.39 is 22.5 Å². The standard InChI is InChI=1S/C17H16Cl2N2O5S/c1-11(22)21-13-3-5-14(6-4-13)27(24,25)20-9-17(23)26-10-12-2-7-15(18)16(19)8-12/h2-8,20H,9-10H2,1H3,(H,21,22). The fourth-order valence-electron chi connectivity index (χ4n) is 2.00. The number of amides is 1. The molecule has 2 rings (SSSR count). The van der Waals surface area contributed by atoms with E-state index in [0.717, 1.165) is 0 Å². The molecule has 0 aliphatic carbocycles. The van der Waals surface area contributed by atoms with Crippen molar-refractivity contribution in [2.24, 2.45) is 0 Å². The summed E-state index contributed by atoms with van der Waals surface area (Å²) in [6, 6.07) is 10.3. The van der Waals surface area contributed by atoms with Gasteiger partial charge in [-0.1, -0.05) is 29.3 Å². The van der Waals surface area contributed by atoms with Crippen LogP contribution < -0.4 is 10.0 Å². The Balaban J connectivity index is 1.89. The predicted octanol–water partition coefficient (Wildman–Crippen LogP) is 2.97. The van der Waals surface area contributed by atoms with E-state index in [0.29, 0.717) is 21.3 Å². The Hall–Kier alpha value is -2.13. The highest BCUT2D eigenvalue weighted by atomic mass is 35.5. The zero-order valence-electron chi connectivity index (χ0n) is 14.2. The number of carbonyl (C=O) groups excluding carboxylic acids is 2. The van der Waals surface area contributed by atoms with Crippen LogP contribution in [0.15, 0.2) is 47.4 Å². The number of rotatable bonds is 7. The normalized spacial score (nSPS) is 11.1. The third kappa shape index (κ3) is 6.51. The van der Waals surface area contributed by atoms with Crippen LogP contribution in [0.25, 0.3) is 0 Å². The number of anilines is 1. The number of hydrogen-bond donors (Lipinski definition) is 2. The first-order valence-corrected chi connectivity index (χ1v) is 9.88. The van der Waals surface area contributed by atoms with E-state index in [1.165, 1.54) is 31.2 Å². The van der Waals surface area contributed by atoms with Gasteiger partial charge in [0, 0.05) is 12.6 Å². The number of hydrogen-bond acceptors (Lipinski definition) is 5. The van der Waals surface area contributed by atoms with Crippen LogP contribution in [0.4, 0.5) is 5.69 Å². The van der Waals surface area contributed by atoms with Crippen LogP contribution in [0, 0.1) is 0 Å². The van der Waals surface area contributed by atoms with Crippen LogP contribution >= 0.6 is 23.2 Å². The molecule has 0 radical (unpaired) electrons. The first-order valence-electron chi connectivity index (χ1n) is 7.64. The number of benzene rings is 2. The summed E-state index contributed by atoms with van der Waals surface area (Å²) in [5.41, 5.74) is 1.08. The van der Waals surface area contributed by atoms with Crippen LogP contribution in [-0.4, -0.2) is 26.8 Å². The molecule has 0 unspecified atom stereocenters. The molecule has 2 aromatic carbocycles. The Bertz CT molecular complexity index is 946. The number of carbonyl (C=O) groups is 2. The van der Waals surface area contributed by atoms with Crippen molar-refractivity contribution in [2.75, 3.05) is 11.9 Å². The molecule has 0 saturated carbocycles. The molecule has 27 heavy (non-hydrogen) atoms. The average molecular weight is 431 g/mol. The SMILES string of the molecule is CC(=O)Nc1ccc(S(=O)(=O)NCC(=O)OCc2ccc(Cl)c(Cl)c2)cc1. The minimum atomic E-state index is -3.90. The van der Waals surface area contributed by atoms with Crippen molar-refractivity contribution in [3.05, 3.63) is 58.1 Å². The molecule has 144 valence electrons. The van der Waals surface area contributed by atoms with Crippen molar-refractivity contribution in [1.82, 2.24) is 4.72 Å². The molecule has 10 heteroatoms. The molecule has 2 N–H and O–H groups in total. The number of sulfonamides is 1. The van der Waals surface area contributed by atoms with E-state index >= 15 is 0 Å². The number of nitrogens with one attached hydrogen (secondary N) is 2. The summed E-state index contributed by atoms with van der Waals surface area (Å²) in [5.74, 6) is -1.02. The predicted molar refractivity (Wildman–Crippen MR) is 102 cm³/mol. The molecule has 0 heterocycles. The van der Waals surface area contributed by atoms with Crippen LogP contribution in [-0.2, 0) is 31.0 Å². The van der Waals surface area contributed by atoms with E-state index in [9.17, 15) is 18.0 Å². The molecule has 0 spiro atoms. The second kappa shape index (κ2) is 9.18. The Kier molecular flexibility index (Phi) is 7.20. The van der Waals surface area contributed by atoms with Gasteiger partial charge in [-0.3, -0.25) is 9.59 Å². The van der Waals surface area contributed by atoms with E-state index in [1.54, 1.807) is 18.2 Å². The monoisotopic (exact) mass is 430 g/mol. The summed E-state index contributed by atoms with van der Waals surface area (Å²) in [6.45, 7) is 0.746. The van der Waals surface area contributed by atoms with Crippen LogP contribution in [0.1, 0.15) is 12.5 Å². The quantitative estimate of drug-likeness (QED) is 0.657. The minimum Gasteiger partial charge on any atom is -0.460 e. The molecular formula is C17H16Cl2N2O5S. The summed E-state index contributed by atoms with van der Waals surface area (Å²) in [7, 11) is -3.90. The topological polar surface area (TPSA) is 102 Å². The van der Waals surface area contributed by atoms with Gasteiger partial charge in [0.25, 0.3) is 0 Å². The van der Waals surface area contributed by atoms with Gasteiger partial charge in [0.2, 0.25) is 15.9 Å². The van der Waals surface area contributed by atoms with Crippen molar-refractivity contribution in [2.45, 2.75) is 18.4 Å². The summed E-state index contributed by atoms with van der Waals surface area (Å²) < 4.78 is 31.5. The van der Waals surface area contributed by atoms with Crippen LogP contribution in [0.3, 0.4) is 0 Å². The van der Waals surface area contributed by atoms with Gasteiger partial charge in [0.05, 0.1) is 14.9 Å². The smallest absolute Gasteiger partial charge is 0.321 e. The average Bonchev–Trinajstić information content (AvgIpc) is 2.61. The molecule has 0 aromatic heterocycles. The van der Waals surface area contributed by atoms with E-state index in [4.69, 9.17) is 27.9 Å². The summed E-state index contributed by atoms with van der Waals surface area (Å²) in [4.78, 5) is 22.7. The van der Waals surface area contributed by atoms with Crippen molar-refractivity contribution >= 4 is 50.8 Å². The van der Waals surface area contributed by atoms with E-state index in [2.05, 4.69) is 10.0 Å². The molecule has 0 fully saturated rings. The van der Waals surface area contributed by atoms with Gasteiger partial charge in [-0.15, -0.1) is 0 Å². The fraction of sp³-hybridized carbons (Fsp3) is 0.176. The van der Waals surface area contributed by atoms with Gasteiger partial charge < -0.3 is 10.1 Å². The molecule has 0 bridgehead atoms. The van der Waals surface area contributed by atoms with Gasteiger partial charge in [-0.05, 0) is 42.0 Å². The maximum absolute atomic E-state index is 12.2. The zero-order chi connectivity index (χ0) is 20.0. The lowest BCUT2D eigenvalue weighted by Crippen LogP contribution is -2.30. The Morgan fingerprint density at radius 2 is 1.70 bits per heavy atom. The third-order valence-corrected chi connectivity index (χ3v) is 5.43. The minimum absolute atomic E-state index is 0.0473. The van der Waals surface area contributed by atoms with Gasteiger partial charge in [0.1, 0.15) is 13.2 Å². The Morgan fingerprint density at radius 3 is 2.30 bits per heavy atom. The summed E-state index contributed by atoms with van der Waals surface area (Å²) >= 11 is 11.7. The number of ether oxygens (including phenoxy) is 1. The summed E-state index contributed by atoms with van der Waals surface area (Å²) in [6.07, 6.45) is 0. The molecule has 2 aromatic rings. The highest BCUT2D eigenvalue weighted by Crippen LogP contribution is 2.22. The number of halogens is 2.